The van der Waals surface area contributed by atoms with Crippen LogP contribution in [0.4, 0.5) is 5.69 Å². The van der Waals surface area contributed by atoms with Crippen LogP contribution in [0.1, 0.15) is 31.8 Å². The summed E-state index contributed by atoms with van der Waals surface area (Å²) < 4.78 is 10.6. The SMILES string of the molecule is COc1ccc(C(=O)C=Cc2ccc(C)cc2)c(OC(=O)c2cccc([NH+]([O-])O)c2)c1. The highest BCUT2D eigenvalue weighted by molar-refractivity contribution is 6.09. The van der Waals surface area contributed by atoms with Gasteiger partial charge in [-0.15, -0.1) is 0 Å². The van der Waals surface area contributed by atoms with E-state index in [0.29, 0.717) is 5.75 Å². The number of hydrogen-bond donors (Lipinski definition) is 2. The van der Waals surface area contributed by atoms with E-state index in [0.717, 1.165) is 11.1 Å². The number of nitrogens with one attached hydrogen (secondary N) is 1. The molecule has 3 aromatic rings. The molecule has 0 aliphatic carbocycles. The van der Waals surface area contributed by atoms with Crippen LogP contribution in [-0.2, 0) is 0 Å². The third kappa shape index (κ3) is 5.64. The van der Waals surface area contributed by atoms with Gasteiger partial charge in [0.25, 0.3) is 0 Å². The number of carbonyl (C=O) groups is 2. The molecule has 31 heavy (non-hydrogen) atoms. The van der Waals surface area contributed by atoms with Crippen LogP contribution in [0.3, 0.4) is 0 Å². The van der Waals surface area contributed by atoms with Crippen molar-refractivity contribution >= 4 is 23.5 Å². The van der Waals surface area contributed by atoms with Gasteiger partial charge in [0, 0.05) is 18.2 Å². The Balaban J connectivity index is 1.87. The molecule has 0 amide bonds. The second-order valence-corrected chi connectivity index (χ2v) is 6.75. The third-order valence-electron chi connectivity index (χ3n) is 4.51. The molecule has 7 nitrogen and oxygen atoms in total. The molecule has 3 aromatic carbocycles. The maximum absolute atomic E-state index is 12.8. The summed E-state index contributed by atoms with van der Waals surface area (Å²) in [6, 6.07) is 17.7. The molecule has 1 unspecified atom stereocenters. The Bertz CT molecular complexity index is 1120. The number of esters is 1. The maximum atomic E-state index is 12.8. The fourth-order valence-corrected chi connectivity index (χ4v) is 2.79. The first-order valence-corrected chi connectivity index (χ1v) is 9.40. The van der Waals surface area contributed by atoms with Gasteiger partial charge in [-0.05, 0) is 36.8 Å². The number of ether oxygens (including phenoxy) is 2. The molecular formula is C24H21NO6. The van der Waals surface area contributed by atoms with Crippen molar-refractivity contribution in [3.8, 4) is 11.5 Å². The number of hydrogen-bond acceptors (Lipinski definition) is 6. The van der Waals surface area contributed by atoms with Gasteiger partial charge in [0.1, 0.15) is 11.5 Å². The minimum Gasteiger partial charge on any atom is -0.595 e. The number of carbonyl (C=O) groups excluding carboxylic acids is 2. The lowest BCUT2D eigenvalue weighted by molar-refractivity contribution is -0.991. The van der Waals surface area contributed by atoms with E-state index in [1.807, 2.05) is 31.2 Å². The van der Waals surface area contributed by atoms with Crippen LogP contribution in [-0.4, -0.2) is 24.1 Å². The van der Waals surface area contributed by atoms with E-state index >= 15 is 0 Å². The number of allylic oxidation sites excluding steroid dienone is 1. The fourth-order valence-electron chi connectivity index (χ4n) is 2.79. The molecule has 0 heterocycles. The molecule has 0 radical (unpaired) electrons. The zero-order valence-corrected chi connectivity index (χ0v) is 17.0. The van der Waals surface area contributed by atoms with Crippen molar-refractivity contribution in [1.82, 2.24) is 0 Å². The lowest BCUT2D eigenvalue weighted by Gasteiger charge is -2.13. The summed E-state index contributed by atoms with van der Waals surface area (Å²) in [4.78, 5) is 25.4. The molecule has 0 saturated carbocycles. The normalized spacial score (nSPS) is 11.9. The first kappa shape index (κ1) is 21.9. The standard InChI is InChI=1S/C24H21NO6/c1-16-6-8-17(9-7-16)10-13-22(26)21-12-11-20(30-2)15-23(21)31-24(27)18-4-3-5-19(14-18)25(28)29/h3-15,25,28H,1-2H3. The Morgan fingerprint density at radius 1 is 1.03 bits per heavy atom. The number of quaternary nitrogens is 1. The fraction of sp³-hybridized carbons (Fsp3) is 0.0833. The van der Waals surface area contributed by atoms with Crippen LogP contribution in [0.2, 0.25) is 0 Å². The highest BCUT2D eigenvalue weighted by Crippen LogP contribution is 2.27. The Morgan fingerprint density at radius 3 is 2.45 bits per heavy atom. The number of aryl methyl sites for hydroxylation is 1. The Morgan fingerprint density at radius 2 is 1.77 bits per heavy atom. The molecular weight excluding hydrogens is 398 g/mol. The van der Waals surface area contributed by atoms with E-state index in [2.05, 4.69) is 0 Å². The first-order valence-electron chi connectivity index (χ1n) is 9.40. The van der Waals surface area contributed by atoms with Crippen molar-refractivity contribution in [2.24, 2.45) is 0 Å². The van der Waals surface area contributed by atoms with Crippen molar-refractivity contribution in [3.05, 3.63) is 100 Å². The molecule has 0 spiro atoms. The van der Waals surface area contributed by atoms with Crippen molar-refractivity contribution in [3.63, 3.8) is 0 Å². The van der Waals surface area contributed by atoms with E-state index in [1.165, 1.54) is 49.6 Å². The summed E-state index contributed by atoms with van der Waals surface area (Å²) in [5.41, 5.74) is 2.15. The molecule has 0 saturated heterocycles. The van der Waals surface area contributed by atoms with Gasteiger partial charge in [-0.25, -0.2) is 10.0 Å². The van der Waals surface area contributed by atoms with Gasteiger partial charge >= 0.3 is 5.97 Å². The minimum absolute atomic E-state index is 0.0173. The molecule has 0 fully saturated rings. The monoisotopic (exact) mass is 419 g/mol. The smallest absolute Gasteiger partial charge is 0.343 e. The molecule has 3 rings (SSSR count). The summed E-state index contributed by atoms with van der Waals surface area (Å²) in [7, 11) is 1.45. The van der Waals surface area contributed by atoms with E-state index in [1.54, 1.807) is 12.1 Å². The Kier molecular flexibility index (Phi) is 6.94. The van der Waals surface area contributed by atoms with Gasteiger partial charge in [-0.2, -0.15) is 5.23 Å². The summed E-state index contributed by atoms with van der Waals surface area (Å²) in [5, 5.41) is 19.1. The van der Waals surface area contributed by atoms with Crippen LogP contribution < -0.4 is 14.7 Å². The Hall–Kier alpha value is -3.78. The average molecular weight is 419 g/mol. The molecule has 158 valence electrons. The summed E-state index contributed by atoms with van der Waals surface area (Å²) in [5.74, 6) is -0.719. The van der Waals surface area contributed by atoms with Crippen LogP contribution in [0.5, 0.6) is 11.5 Å². The van der Waals surface area contributed by atoms with Crippen LogP contribution in [0.15, 0.2) is 72.8 Å². The molecule has 1 atom stereocenters. The Labute approximate surface area is 179 Å². The molecule has 0 aromatic heterocycles. The molecule has 7 heteroatoms. The minimum atomic E-state index is -1.16. The molecule has 0 aliphatic heterocycles. The highest BCUT2D eigenvalue weighted by Gasteiger charge is 2.17. The van der Waals surface area contributed by atoms with Crippen LogP contribution in [0, 0.1) is 12.1 Å². The third-order valence-corrected chi connectivity index (χ3v) is 4.51. The second kappa shape index (κ2) is 9.82. The first-order chi connectivity index (χ1) is 14.9. The van der Waals surface area contributed by atoms with Crippen LogP contribution in [0.25, 0.3) is 6.08 Å². The number of benzene rings is 3. The molecule has 0 bridgehead atoms. The second-order valence-electron chi connectivity index (χ2n) is 6.75. The van der Waals surface area contributed by atoms with Gasteiger partial charge in [0.2, 0.25) is 0 Å². The van der Waals surface area contributed by atoms with Crippen molar-refractivity contribution in [1.29, 1.82) is 0 Å². The zero-order chi connectivity index (χ0) is 22.4. The quantitative estimate of drug-likeness (QED) is 0.200. The number of ketones is 1. The van der Waals surface area contributed by atoms with Gasteiger partial charge in [-0.3, -0.25) is 4.79 Å². The van der Waals surface area contributed by atoms with Gasteiger partial charge < -0.3 is 14.7 Å². The maximum Gasteiger partial charge on any atom is 0.343 e. The van der Waals surface area contributed by atoms with Crippen molar-refractivity contribution in [2.75, 3.05) is 7.11 Å². The molecule has 2 N–H and O–H groups in total. The van der Waals surface area contributed by atoms with E-state index < -0.39 is 11.2 Å². The van der Waals surface area contributed by atoms with Crippen molar-refractivity contribution < 1.29 is 29.5 Å². The lowest BCUT2D eigenvalue weighted by atomic mass is 10.1. The summed E-state index contributed by atoms with van der Waals surface area (Å²) >= 11 is 0. The zero-order valence-electron chi connectivity index (χ0n) is 17.0. The molecule has 0 aliphatic rings. The topological polar surface area (TPSA) is 100 Å². The van der Waals surface area contributed by atoms with E-state index in [-0.39, 0.29) is 28.3 Å². The highest BCUT2D eigenvalue weighted by atomic mass is 16.8. The van der Waals surface area contributed by atoms with Gasteiger partial charge in [-0.1, -0.05) is 42.0 Å². The predicted molar refractivity (Wildman–Crippen MR) is 115 cm³/mol. The summed E-state index contributed by atoms with van der Waals surface area (Å²) in [6.07, 6.45) is 3.07. The summed E-state index contributed by atoms with van der Waals surface area (Å²) in [6.45, 7) is 1.97. The van der Waals surface area contributed by atoms with Gasteiger partial charge in [0.05, 0.1) is 18.2 Å². The number of rotatable bonds is 7. The van der Waals surface area contributed by atoms with Gasteiger partial charge in [0.15, 0.2) is 11.5 Å². The average Bonchev–Trinajstić information content (AvgIpc) is 2.78. The predicted octanol–water partition coefficient (Wildman–Crippen LogP) is 3.52. The van der Waals surface area contributed by atoms with Crippen molar-refractivity contribution in [2.45, 2.75) is 6.92 Å². The number of methoxy groups -OCH3 is 1. The van der Waals surface area contributed by atoms with E-state index in [4.69, 9.17) is 14.7 Å². The van der Waals surface area contributed by atoms with Crippen LogP contribution >= 0.6 is 0 Å². The lowest BCUT2D eigenvalue weighted by Crippen LogP contribution is -2.99. The van der Waals surface area contributed by atoms with E-state index in [9.17, 15) is 14.8 Å². The largest absolute Gasteiger partial charge is 0.595 e.